The lowest BCUT2D eigenvalue weighted by Gasteiger charge is -2.39. The number of epoxide rings is 1. The standard InChI is InChI=1S/C19H22ClNO2/c1-18(2,3)21(22)17(14-9-11-16(20)12-10-14)19(13-23-19)15-7-5-4-6-8-15/h4-12,17,22H,13H2,1-3H3/t17-,19+/m0/s1. The normalized spacial score (nSPS) is 22.2. The zero-order chi connectivity index (χ0) is 16.7. The van der Waals surface area contributed by atoms with E-state index in [1.807, 2.05) is 75.4 Å². The summed E-state index contributed by atoms with van der Waals surface area (Å²) in [6.45, 7) is 6.53. The number of ether oxygens (including phenoxy) is 1. The van der Waals surface area contributed by atoms with Crippen LogP contribution < -0.4 is 0 Å². The Kier molecular flexibility index (Phi) is 4.23. The molecule has 0 unspecified atom stereocenters. The summed E-state index contributed by atoms with van der Waals surface area (Å²) in [7, 11) is 0. The molecule has 2 aromatic carbocycles. The van der Waals surface area contributed by atoms with Crippen LogP contribution in [-0.4, -0.2) is 22.4 Å². The summed E-state index contributed by atoms with van der Waals surface area (Å²) >= 11 is 6.03. The lowest BCUT2D eigenvalue weighted by molar-refractivity contribution is -0.205. The Morgan fingerprint density at radius 3 is 2.13 bits per heavy atom. The van der Waals surface area contributed by atoms with Crippen LogP contribution in [0.4, 0.5) is 0 Å². The van der Waals surface area contributed by atoms with E-state index in [1.54, 1.807) is 0 Å². The van der Waals surface area contributed by atoms with Crippen molar-refractivity contribution < 1.29 is 9.94 Å². The van der Waals surface area contributed by atoms with E-state index in [0.29, 0.717) is 11.6 Å². The fraction of sp³-hybridized carbons (Fsp3) is 0.368. The van der Waals surface area contributed by atoms with Gasteiger partial charge < -0.3 is 9.94 Å². The number of halogens is 1. The molecule has 0 aliphatic carbocycles. The molecule has 1 N–H and O–H groups in total. The second kappa shape index (κ2) is 5.91. The summed E-state index contributed by atoms with van der Waals surface area (Å²) in [6, 6.07) is 17.4. The largest absolute Gasteiger partial charge is 0.362 e. The molecule has 0 saturated carbocycles. The van der Waals surface area contributed by atoms with E-state index in [4.69, 9.17) is 16.3 Å². The second-order valence-electron chi connectivity index (χ2n) is 7.01. The summed E-state index contributed by atoms with van der Waals surface area (Å²) < 4.78 is 5.91. The molecule has 4 heteroatoms. The van der Waals surface area contributed by atoms with E-state index >= 15 is 0 Å². The Hall–Kier alpha value is -1.39. The van der Waals surface area contributed by atoms with E-state index in [1.165, 1.54) is 5.06 Å². The molecule has 1 aliphatic rings. The molecule has 0 amide bonds. The maximum atomic E-state index is 10.9. The highest BCUT2D eigenvalue weighted by Gasteiger charge is 2.57. The summed E-state index contributed by atoms with van der Waals surface area (Å²) in [5.41, 5.74) is 1.10. The van der Waals surface area contributed by atoms with Gasteiger partial charge in [0, 0.05) is 10.6 Å². The van der Waals surface area contributed by atoms with E-state index < -0.39 is 11.1 Å². The number of hydroxylamine groups is 2. The smallest absolute Gasteiger partial charge is 0.138 e. The van der Waals surface area contributed by atoms with Crippen LogP contribution in [0.25, 0.3) is 0 Å². The van der Waals surface area contributed by atoms with E-state index in [0.717, 1.165) is 11.1 Å². The summed E-state index contributed by atoms with van der Waals surface area (Å²) in [5.74, 6) is 0. The van der Waals surface area contributed by atoms with Crippen LogP contribution in [-0.2, 0) is 10.3 Å². The molecule has 0 radical (unpaired) electrons. The van der Waals surface area contributed by atoms with Crippen LogP contribution in [0.1, 0.15) is 37.9 Å². The molecule has 122 valence electrons. The molecular weight excluding hydrogens is 310 g/mol. The van der Waals surface area contributed by atoms with Gasteiger partial charge in [-0.25, -0.2) is 0 Å². The zero-order valence-corrected chi connectivity index (χ0v) is 14.4. The monoisotopic (exact) mass is 331 g/mol. The third-order valence-corrected chi connectivity index (χ3v) is 4.53. The highest BCUT2D eigenvalue weighted by Crippen LogP contribution is 2.52. The highest BCUT2D eigenvalue weighted by atomic mass is 35.5. The fourth-order valence-electron chi connectivity index (χ4n) is 2.92. The third-order valence-electron chi connectivity index (χ3n) is 4.28. The molecule has 23 heavy (non-hydrogen) atoms. The van der Waals surface area contributed by atoms with Gasteiger partial charge in [0.25, 0.3) is 0 Å². The van der Waals surface area contributed by atoms with Crippen LogP contribution in [0, 0.1) is 0 Å². The van der Waals surface area contributed by atoms with Crippen LogP contribution >= 0.6 is 11.6 Å². The lowest BCUT2D eigenvalue weighted by Crippen LogP contribution is -2.46. The Balaban J connectivity index is 2.07. The number of hydrogen-bond donors (Lipinski definition) is 1. The molecule has 1 saturated heterocycles. The van der Waals surface area contributed by atoms with Crippen molar-refractivity contribution in [2.75, 3.05) is 6.61 Å². The maximum absolute atomic E-state index is 10.9. The van der Waals surface area contributed by atoms with Crippen LogP contribution in [0.3, 0.4) is 0 Å². The first-order chi connectivity index (χ1) is 10.8. The van der Waals surface area contributed by atoms with Crippen molar-refractivity contribution in [3.05, 3.63) is 70.7 Å². The van der Waals surface area contributed by atoms with E-state index in [2.05, 4.69) is 0 Å². The van der Waals surface area contributed by atoms with Gasteiger partial charge in [0.2, 0.25) is 0 Å². The first-order valence-corrected chi connectivity index (χ1v) is 8.15. The van der Waals surface area contributed by atoms with Gasteiger partial charge in [-0.05, 0) is 44.0 Å². The highest BCUT2D eigenvalue weighted by molar-refractivity contribution is 6.30. The first kappa shape index (κ1) is 16.5. The topological polar surface area (TPSA) is 36.0 Å². The molecule has 3 rings (SSSR count). The van der Waals surface area contributed by atoms with Crippen molar-refractivity contribution in [2.24, 2.45) is 0 Å². The minimum atomic E-state index is -0.531. The van der Waals surface area contributed by atoms with Gasteiger partial charge >= 0.3 is 0 Å². The first-order valence-electron chi connectivity index (χ1n) is 7.78. The molecule has 0 aromatic heterocycles. The third kappa shape index (κ3) is 3.15. The molecule has 1 fully saturated rings. The van der Waals surface area contributed by atoms with Gasteiger partial charge in [0.05, 0.1) is 12.6 Å². The van der Waals surface area contributed by atoms with Gasteiger partial charge in [-0.15, -0.1) is 0 Å². The van der Waals surface area contributed by atoms with Crippen molar-refractivity contribution in [3.8, 4) is 0 Å². The van der Waals surface area contributed by atoms with Gasteiger partial charge in [0.1, 0.15) is 5.60 Å². The Labute approximate surface area is 142 Å². The van der Waals surface area contributed by atoms with Crippen LogP contribution in [0.2, 0.25) is 5.02 Å². The van der Waals surface area contributed by atoms with Crippen molar-refractivity contribution in [3.63, 3.8) is 0 Å². The van der Waals surface area contributed by atoms with Crippen molar-refractivity contribution in [2.45, 2.75) is 38.0 Å². The molecule has 1 aliphatic heterocycles. The SMILES string of the molecule is CC(C)(C)N(O)[C@@H](c1ccc(Cl)cc1)[C@]1(c2ccccc2)CO1. The molecule has 1 heterocycles. The Morgan fingerprint density at radius 1 is 1.09 bits per heavy atom. The average molecular weight is 332 g/mol. The quantitative estimate of drug-likeness (QED) is 0.646. The minimum Gasteiger partial charge on any atom is -0.362 e. The molecule has 2 aromatic rings. The van der Waals surface area contributed by atoms with Gasteiger partial charge in [-0.3, -0.25) is 0 Å². The predicted octanol–water partition coefficient (Wildman–Crippen LogP) is 4.80. The molecule has 0 spiro atoms. The number of hydrogen-bond acceptors (Lipinski definition) is 3. The van der Waals surface area contributed by atoms with Crippen molar-refractivity contribution >= 4 is 11.6 Å². The summed E-state index contributed by atoms with van der Waals surface area (Å²) in [4.78, 5) is 0. The molecule has 0 bridgehead atoms. The number of benzene rings is 2. The fourth-order valence-corrected chi connectivity index (χ4v) is 3.05. The molecule has 3 nitrogen and oxygen atoms in total. The van der Waals surface area contributed by atoms with Gasteiger partial charge in [-0.2, -0.15) is 5.06 Å². The summed E-state index contributed by atoms with van der Waals surface area (Å²) in [6.07, 6.45) is 0. The number of nitrogens with zero attached hydrogens (tertiary/aromatic N) is 1. The average Bonchev–Trinajstić information content (AvgIpc) is 3.31. The van der Waals surface area contributed by atoms with Crippen LogP contribution in [0.5, 0.6) is 0 Å². The maximum Gasteiger partial charge on any atom is 0.138 e. The predicted molar refractivity (Wildman–Crippen MR) is 91.6 cm³/mol. The van der Waals surface area contributed by atoms with Gasteiger partial charge in [0.15, 0.2) is 0 Å². The molecule has 2 atom stereocenters. The van der Waals surface area contributed by atoms with Crippen LogP contribution in [0.15, 0.2) is 54.6 Å². The molecular formula is C19H22ClNO2. The van der Waals surface area contributed by atoms with Gasteiger partial charge in [-0.1, -0.05) is 54.1 Å². The van der Waals surface area contributed by atoms with Crippen molar-refractivity contribution in [1.82, 2.24) is 5.06 Å². The Morgan fingerprint density at radius 2 is 1.65 bits per heavy atom. The zero-order valence-electron chi connectivity index (χ0n) is 13.7. The lowest BCUT2D eigenvalue weighted by atomic mass is 9.85. The summed E-state index contributed by atoms with van der Waals surface area (Å²) in [5, 5.41) is 13.0. The second-order valence-corrected chi connectivity index (χ2v) is 7.45. The minimum absolute atomic E-state index is 0.304. The van der Waals surface area contributed by atoms with E-state index in [9.17, 15) is 5.21 Å². The number of rotatable bonds is 4. The van der Waals surface area contributed by atoms with E-state index in [-0.39, 0.29) is 6.04 Å². The van der Waals surface area contributed by atoms with Crippen molar-refractivity contribution in [1.29, 1.82) is 0 Å². The Bertz CT molecular complexity index is 660.